The Morgan fingerprint density at radius 3 is 2.61 bits per heavy atom. The molecule has 0 radical (unpaired) electrons. The molecule has 4 heteroatoms. The normalized spacial score (nSPS) is 11.8. The Balaban J connectivity index is 2.44. The molecule has 96 valence electrons. The van der Waals surface area contributed by atoms with Gasteiger partial charge in [0.05, 0.1) is 12.1 Å². The lowest BCUT2D eigenvalue weighted by Crippen LogP contribution is -2.27. The molecule has 0 saturated carbocycles. The Kier molecular flexibility index (Phi) is 3.22. The number of aromatic nitrogens is 3. The molecule has 1 heterocycles. The van der Waals surface area contributed by atoms with Crippen LogP contribution in [0.15, 0.2) is 24.3 Å². The van der Waals surface area contributed by atoms with Gasteiger partial charge in [-0.25, -0.2) is 9.67 Å². The fraction of sp³-hybridized carbons (Fsp3) is 0.429. The predicted molar refractivity (Wildman–Crippen MR) is 71.2 cm³/mol. The van der Waals surface area contributed by atoms with Crippen molar-refractivity contribution in [2.24, 2.45) is 0 Å². The molecule has 0 fully saturated rings. The van der Waals surface area contributed by atoms with Gasteiger partial charge >= 0.3 is 0 Å². The molecule has 0 spiro atoms. The van der Waals surface area contributed by atoms with Gasteiger partial charge in [0.1, 0.15) is 5.82 Å². The van der Waals surface area contributed by atoms with Gasteiger partial charge in [0.2, 0.25) is 0 Å². The number of aliphatic hydroxyl groups is 1. The van der Waals surface area contributed by atoms with Gasteiger partial charge in [0.15, 0.2) is 5.82 Å². The fourth-order valence-corrected chi connectivity index (χ4v) is 1.93. The molecule has 2 rings (SSSR count). The maximum absolute atomic E-state index is 9.92. The van der Waals surface area contributed by atoms with E-state index in [1.165, 1.54) is 5.56 Å². The highest BCUT2D eigenvalue weighted by atomic mass is 16.3. The van der Waals surface area contributed by atoms with Gasteiger partial charge < -0.3 is 5.11 Å². The first-order valence-corrected chi connectivity index (χ1v) is 6.06. The molecule has 4 nitrogen and oxygen atoms in total. The summed E-state index contributed by atoms with van der Waals surface area (Å²) in [7, 11) is 0. The second-order valence-electron chi connectivity index (χ2n) is 5.32. The molecule has 1 N–H and O–H groups in total. The smallest absolute Gasteiger partial charge is 0.158 e. The van der Waals surface area contributed by atoms with Crippen LogP contribution in [0, 0.1) is 13.8 Å². The fourth-order valence-electron chi connectivity index (χ4n) is 1.93. The molecule has 0 aliphatic carbocycles. The van der Waals surface area contributed by atoms with Crippen LogP contribution in [0.3, 0.4) is 0 Å². The van der Waals surface area contributed by atoms with Crippen LogP contribution in [0.2, 0.25) is 0 Å². The van der Waals surface area contributed by atoms with Crippen LogP contribution in [0.4, 0.5) is 0 Å². The van der Waals surface area contributed by atoms with Crippen LogP contribution in [0.25, 0.3) is 11.4 Å². The summed E-state index contributed by atoms with van der Waals surface area (Å²) in [5, 5.41) is 14.3. The van der Waals surface area contributed by atoms with Gasteiger partial charge in [-0.15, -0.1) is 0 Å². The topological polar surface area (TPSA) is 50.9 Å². The first-order chi connectivity index (χ1) is 8.35. The van der Waals surface area contributed by atoms with Gasteiger partial charge in [0, 0.05) is 5.56 Å². The van der Waals surface area contributed by atoms with Crippen molar-refractivity contribution in [2.45, 2.75) is 39.8 Å². The molecule has 0 atom stereocenters. The van der Waals surface area contributed by atoms with Gasteiger partial charge in [-0.2, -0.15) is 5.10 Å². The standard InChI is InChI=1S/C14H19N3O/c1-10-6-5-7-12(8-10)13-15-11(2)16-17(13)9-14(3,4)18/h5-8,18H,9H2,1-4H3. The van der Waals surface area contributed by atoms with Crippen LogP contribution >= 0.6 is 0 Å². The monoisotopic (exact) mass is 245 g/mol. The molecule has 18 heavy (non-hydrogen) atoms. The van der Waals surface area contributed by atoms with E-state index >= 15 is 0 Å². The average molecular weight is 245 g/mol. The Morgan fingerprint density at radius 1 is 1.28 bits per heavy atom. The van der Waals surface area contributed by atoms with Crippen LogP contribution < -0.4 is 0 Å². The van der Waals surface area contributed by atoms with Crippen molar-refractivity contribution in [3.63, 3.8) is 0 Å². The van der Waals surface area contributed by atoms with E-state index in [-0.39, 0.29) is 0 Å². The van der Waals surface area contributed by atoms with Crippen molar-refractivity contribution in [2.75, 3.05) is 0 Å². The number of nitrogens with zero attached hydrogens (tertiary/aromatic N) is 3. The summed E-state index contributed by atoms with van der Waals surface area (Å²) < 4.78 is 1.77. The first kappa shape index (κ1) is 12.8. The SMILES string of the molecule is Cc1cccc(-c2nc(C)nn2CC(C)(C)O)c1. The Morgan fingerprint density at radius 2 is 2.00 bits per heavy atom. The van der Waals surface area contributed by atoms with Gasteiger partial charge in [-0.05, 0) is 33.8 Å². The minimum Gasteiger partial charge on any atom is -0.389 e. The lowest BCUT2D eigenvalue weighted by Gasteiger charge is -2.18. The van der Waals surface area contributed by atoms with Crippen molar-refractivity contribution in [1.82, 2.24) is 14.8 Å². The number of benzene rings is 1. The summed E-state index contributed by atoms with van der Waals surface area (Å²) in [5.41, 5.74) is 1.40. The maximum Gasteiger partial charge on any atom is 0.158 e. The third-order valence-electron chi connectivity index (χ3n) is 2.59. The van der Waals surface area contributed by atoms with E-state index in [4.69, 9.17) is 0 Å². The molecule has 0 saturated heterocycles. The summed E-state index contributed by atoms with van der Waals surface area (Å²) in [6, 6.07) is 8.14. The number of hydrogen-bond donors (Lipinski definition) is 1. The van der Waals surface area contributed by atoms with E-state index < -0.39 is 5.60 Å². The second kappa shape index (κ2) is 4.53. The highest BCUT2D eigenvalue weighted by Gasteiger charge is 2.18. The number of aryl methyl sites for hydroxylation is 2. The van der Waals surface area contributed by atoms with E-state index in [1.54, 1.807) is 18.5 Å². The Labute approximate surface area is 107 Å². The van der Waals surface area contributed by atoms with Gasteiger partial charge in [0.25, 0.3) is 0 Å². The van der Waals surface area contributed by atoms with E-state index in [0.29, 0.717) is 6.54 Å². The maximum atomic E-state index is 9.92. The molecule has 1 aromatic heterocycles. The number of hydrogen-bond acceptors (Lipinski definition) is 3. The zero-order valence-corrected chi connectivity index (χ0v) is 11.3. The quantitative estimate of drug-likeness (QED) is 0.903. The Hall–Kier alpha value is -1.68. The van der Waals surface area contributed by atoms with Crippen LogP contribution in [-0.4, -0.2) is 25.5 Å². The average Bonchev–Trinajstić information content (AvgIpc) is 2.56. The summed E-state index contributed by atoms with van der Waals surface area (Å²) >= 11 is 0. The lowest BCUT2D eigenvalue weighted by atomic mass is 10.1. The molecule has 0 aliphatic heterocycles. The second-order valence-corrected chi connectivity index (χ2v) is 5.32. The van der Waals surface area contributed by atoms with Crippen molar-refractivity contribution in [1.29, 1.82) is 0 Å². The van der Waals surface area contributed by atoms with E-state index in [0.717, 1.165) is 17.2 Å². The van der Waals surface area contributed by atoms with Crippen molar-refractivity contribution < 1.29 is 5.11 Å². The largest absolute Gasteiger partial charge is 0.389 e. The zero-order valence-electron chi connectivity index (χ0n) is 11.3. The van der Waals surface area contributed by atoms with Crippen molar-refractivity contribution >= 4 is 0 Å². The molecular weight excluding hydrogens is 226 g/mol. The molecule has 1 aromatic carbocycles. The summed E-state index contributed by atoms with van der Waals surface area (Å²) in [5.74, 6) is 1.52. The van der Waals surface area contributed by atoms with E-state index in [2.05, 4.69) is 16.1 Å². The van der Waals surface area contributed by atoms with Crippen molar-refractivity contribution in [3.8, 4) is 11.4 Å². The minimum atomic E-state index is -0.807. The summed E-state index contributed by atoms with van der Waals surface area (Å²) in [6.07, 6.45) is 0. The van der Waals surface area contributed by atoms with Crippen molar-refractivity contribution in [3.05, 3.63) is 35.7 Å². The Bertz CT molecular complexity index is 552. The van der Waals surface area contributed by atoms with Crippen LogP contribution in [-0.2, 0) is 6.54 Å². The first-order valence-electron chi connectivity index (χ1n) is 6.06. The molecule has 0 amide bonds. The van der Waals surface area contributed by atoms with E-state index in [1.807, 2.05) is 32.0 Å². The van der Waals surface area contributed by atoms with Gasteiger partial charge in [-0.3, -0.25) is 0 Å². The zero-order chi connectivity index (χ0) is 13.3. The molecule has 0 bridgehead atoms. The minimum absolute atomic E-state index is 0.428. The third-order valence-corrected chi connectivity index (χ3v) is 2.59. The summed E-state index contributed by atoms with van der Waals surface area (Å²) in [4.78, 5) is 4.45. The van der Waals surface area contributed by atoms with Crippen LogP contribution in [0.1, 0.15) is 25.2 Å². The third kappa shape index (κ3) is 2.96. The van der Waals surface area contributed by atoms with Crippen LogP contribution in [0.5, 0.6) is 0 Å². The van der Waals surface area contributed by atoms with Gasteiger partial charge in [-0.1, -0.05) is 23.8 Å². The summed E-state index contributed by atoms with van der Waals surface area (Å²) in [6.45, 7) is 7.87. The molecule has 0 unspecified atom stereocenters. The highest BCUT2D eigenvalue weighted by Crippen LogP contribution is 2.20. The number of rotatable bonds is 3. The predicted octanol–water partition coefficient (Wildman–Crippen LogP) is 2.33. The molecular formula is C14H19N3O. The highest BCUT2D eigenvalue weighted by molar-refractivity contribution is 5.56. The molecule has 2 aromatic rings. The lowest BCUT2D eigenvalue weighted by molar-refractivity contribution is 0.0581. The van der Waals surface area contributed by atoms with E-state index in [9.17, 15) is 5.11 Å². The molecule has 0 aliphatic rings.